The second kappa shape index (κ2) is 4.07. The molecule has 0 atom stereocenters. The SMILES string of the molecule is N#SCSc1nc2ccccc2s1. The smallest absolute Gasteiger partial charge is 0.152 e. The first-order valence-corrected chi connectivity index (χ1v) is 6.39. The molecule has 5 heteroatoms. The van der Waals surface area contributed by atoms with Gasteiger partial charge in [0.1, 0.15) is 0 Å². The van der Waals surface area contributed by atoms with Crippen LogP contribution < -0.4 is 0 Å². The van der Waals surface area contributed by atoms with Crippen molar-refractivity contribution in [2.45, 2.75) is 4.34 Å². The molecule has 0 saturated heterocycles. The Morgan fingerprint density at radius 3 is 3.00 bits per heavy atom. The quantitative estimate of drug-likeness (QED) is 0.580. The van der Waals surface area contributed by atoms with E-state index in [1.165, 1.54) is 4.70 Å². The van der Waals surface area contributed by atoms with E-state index >= 15 is 0 Å². The average Bonchev–Trinajstić information content (AvgIpc) is 2.57. The summed E-state index contributed by atoms with van der Waals surface area (Å²) in [6.07, 6.45) is 0. The predicted octanol–water partition coefficient (Wildman–Crippen LogP) is 3.56. The van der Waals surface area contributed by atoms with Crippen molar-refractivity contribution in [2.24, 2.45) is 0 Å². The van der Waals surface area contributed by atoms with Gasteiger partial charge in [0.2, 0.25) is 0 Å². The van der Waals surface area contributed by atoms with E-state index < -0.39 is 0 Å². The van der Waals surface area contributed by atoms with Crippen LogP contribution in [0.2, 0.25) is 0 Å². The first-order valence-electron chi connectivity index (χ1n) is 3.65. The Kier molecular flexibility index (Phi) is 2.80. The summed E-state index contributed by atoms with van der Waals surface area (Å²) < 4.78 is 10.8. The second-order valence-corrected chi connectivity index (χ2v) is 5.50. The van der Waals surface area contributed by atoms with Crippen LogP contribution >= 0.6 is 34.5 Å². The van der Waals surface area contributed by atoms with E-state index in [-0.39, 0.29) is 0 Å². The molecule has 1 aromatic heterocycles. The number of aromatic nitrogens is 1. The van der Waals surface area contributed by atoms with Crippen LogP contribution in [-0.2, 0) is 0 Å². The lowest BCUT2D eigenvalue weighted by atomic mass is 10.3. The molecule has 0 amide bonds. The van der Waals surface area contributed by atoms with Gasteiger partial charge in [-0.1, -0.05) is 23.9 Å². The summed E-state index contributed by atoms with van der Waals surface area (Å²) in [5, 5.41) is 0.639. The zero-order valence-corrected chi connectivity index (χ0v) is 9.09. The summed E-state index contributed by atoms with van der Waals surface area (Å²) in [5.41, 5.74) is 1.04. The van der Waals surface area contributed by atoms with Gasteiger partial charge < -0.3 is 0 Å². The van der Waals surface area contributed by atoms with Gasteiger partial charge in [0.25, 0.3) is 0 Å². The molecule has 0 aliphatic heterocycles. The highest BCUT2D eigenvalue weighted by Crippen LogP contribution is 2.29. The first kappa shape index (κ1) is 8.97. The summed E-state index contributed by atoms with van der Waals surface area (Å²) in [5.74, 6) is 0. The number of nitrogens with zero attached hydrogens (tertiary/aromatic N) is 2. The predicted molar refractivity (Wildman–Crippen MR) is 59.7 cm³/mol. The summed E-state index contributed by atoms with van der Waals surface area (Å²) in [6, 6.07) is 8.05. The van der Waals surface area contributed by atoms with Gasteiger partial charge in [-0.05, 0) is 12.1 Å². The Balaban J connectivity index is 2.34. The fourth-order valence-electron chi connectivity index (χ4n) is 0.990. The van der Waals surface area contributed by atoms with Crippen LogP contribution in [0, 0.1) is 4.61 Å². The van der Waals surface area contributed by atoms with Crippen LogP contribution in [-0.4, -0.2) is 10.1 Å². The summed E-state index contributed by atoms with van der Waals surface area (Å²) >= 11 is 4.07. The molecule has 0 fully saturated rings. The van der Waals surface area contributed by atoms with Crippen molar-refractivity contribution >= 4 is 44.7 Å². The number of rotatable bonds is 2. The van der Waals surface area contributed by atoms with E-state index in [0.29, 0.717) is 5.08 Å². The lowest BCUT2D eigenvalue weighted by Gasteiger charge is -1.83. The molecule has 0 spiro atoms. The number of para-hydroxylation sites is 1. The molecule has 2 aromatic rings. The molecule has 0 aliphatic rings. The summed E-state index contributed by atoms with van der Waals surface area (Å²) in [4.78, 5) is 4.41. The van der Waals surface area contributed by atoms with E-state index in [4.69, 9.17) is 4.61 Å². The lowest BCUT2D eigenvalue weighted by Crippen LogP contribution is -1.67. The highest BCUT2D eigenvalue weighted by molar-refractivity contribution is 8.11. The van der Waals surface area contributed by atoms with Crippen molar-refractivity contribution in [3.05, 3.63) is 24.3 Å². The van der Waals surface area contributed by atoms with Gasteiger partial charge in [-0.2, -0.15) is 4.61 Å². The van der Waals surface area contributed by atoms with Gasteiger partial charge in [0, 0.05) is 11.4 Å². The molecule has 0 saturated carbocycles. The number of hydrogen-bond acceptors (Lipinski definition) is 4. The van der Waals surface area contributed by atoms with Crippen LogP contribution in [0.15, 0.2) is 28.6 Å². The highest BCUT2D eigenvalue weighted by Gasteiger charge is 2.01. The van der Waals surface area contributed by atoms with Crippen LogP contribution in [0.5, 0.6) is 0 Å². The van der Waals surface area contributed by atoms with E-state index in [1.54, 1.807) is 23.1 Å². The molecule has 0 aliphatic carbocycles. The summed E-state index contributed by atoms with van der Waals surface area (Å²) in [6.45, 7) is 0. The maximum atomic E-state index is 8.58. The highest BCUT2D eigenvalue weighted by atomic mass is 32.2. The van der Waals surface area contributed by atoms with E-state index in [0.717, 1.165) is 21.2 Å². The number of thioether (sulfide) groups is 1. The van der Waals surface area contributed by atoms with Crippen LogP contribution in [0.25, 0.3) is 10.2 Å². The maximum Gasteiger partial charge on any atom is 0.152 e. The van der Waals surface area contributed by atoms with Gasteiger partial charge in [0.05, 0.1) is 15.3 Å². The van der Waals surface area contributed by atoms with E-state index in [9.17, 15) is 0 Å². The number of thiazole rings is 1. The number of fused-ring (bicyclic) bond motifs is 1. The molecular formula is C8H6N2S3. The van der Waals surface area contributed by atoms with Gasteiger partial charge in [-0.15, -0.1) is 11.3 Å². The van der Waals surface area contributed by atoms with Crippen molar-refractivity contribution in [1.29, 1.82) is 4.61 Å². The van der Waals surface area contributed by atoms with Crippen LogP contribution in [0.4, 0.5) is 0 Å². The third-order valence-corrected chi connectivity index (χ3v) is 4.18. The average molecular weight is 226 g/mol. The fraction of sp³-hybridized carbons (Fsp3) is 0.125. The van der Waals surface area contributed by atoms with Crippen LogP contribution in [0.3, 0.4) is 0 Å². The largest absolute Gasteiger partial charge is 0.230 e. The Morgan fingerprint density at radius 2 is 2.23 bits per heavy atom. The third-order valence-electron chi connectivity index (χ3n) is 1.51. The Morgan fingerprint density at radius 1 is 1.38 bits per heavy atom. The molecular weight excluding hydrogens is 220 g/mol. The Labute approximate surface area is 88.0 Å². The molecule has 2 nitrogen and oxygen atoms in total. The molecule has 66 valence electrons. The molecule has 2 rings (SSSR count). The van der Waals surface area contributed by atoms with Gasteiger partial charge >= 0.3 is 0 Å². The molecule has 0 N–H and O–H groups in total. The number of benzene rings is 1. The van der Waals surface area contributed by atoms with Crippen molar-refractivity contribution in [2.75, 3.05) is 5.08 Å². The minimum absolute atomic E-state index is 0.639. The fourth-order valence-corrected chi connectivity index (χ4v) is 3.40. The van der Waals surface area contributed by atoms with Crippen molar-refractivity contribution in [1.82, 2.24) is 4.98 Å². The van der Waals surface area contributed by atoms with E-state index in [1.807, 2.05) is 18.2 Å². The minimum atomic E-state index is 0.639. The van der Waals surface area contributed by atoms with Crippen molar-refractivity contribution in [3.8, 4) is 0 Å². The third kappa shape index (κ3) is 2.00. The number of hydrogen-bond donors (Lipinski definition) is 0. The van der Waals surface area contributed by atoms with Gasteiger partial charge in [-0.25, -0.2) is 4.98 Å². The molecule has 13 heavy (non-hydrogen) atoms. The van der Waals surface area contributed by atoms with E-state index in [2.05, 4.69) is 11.1 Å². The van der Waals surface area contributed by atoms with Crippen LogP contribution in [0.1, 0.15) is 0 Å². The zero-order chi connectivity index (χ0) is 9.10. The molecule has 0 bridgehead atoms. The van der Waals surface area contributed by atoms with Crippen molar-refractivity contribution in [3.63, 3.8) is 0 Å². The summed E-state index contributed by atoms with van der Waals surface area (Å²) in [7, 11) is 0. The zero-order valence-electron chi connectivity index (χ0n) is 6.64. The maximum absolute atomic E-state index is 8.58. The second-order valence-electron chi connectivity index (χ2n) is 2.34. The van der Waals surface area contributed by atoms with Gasteiger partial charge in [0.15, 0.2) is 4.34 Å². The monoisotopic (exact) mass is 226 g/mol. The Hall–Kier alpha value is -0.610. The topological polar surface area (TPSA) is 36.7 Å². The molecule has 0 radical (unpaired) electrons. The van der Waals surface area contributed by atoms with Crippen molar-refractivity contribution < 1.29 is 0 Å². The van der Waals surface area contributed by atoms with Gasteiger partial charge in [-0.3, -0.25) is 0 Å². The molecule has 1 heterocycles. The standard InChI is InChI=1S/C8H6N2S3/c9-12-5-11-8-10-6-3-1-2-4-7(6)13-8/h1-4H,5H2. The molecule has 1 aromatic carbocycles. The normalized spacial score (nSPS) is 10.4. The first-order chi connectivity index (χ1) is 6.40. The lowest BCUT2D eigenvalue weighted by molar-refractivity contribution is 1.31. The molecule has 0 unspecified atom stereocenters. The minimum Gasteiger partial charge on any atom is -0.230 e. The Bertz CT molecular complexity index is 425.